The zero-order chi connectivity index (χ0) is 17.5. The molecule has 8 heteroatoms. The van der Waals surface area contributed by atoms with Crippen molar-refractivity contribution in [3.8, 4) is 0 Å². The van der Waals surface area contributed by atoms with Crippen molar-refractivity contribution in [3.05, 3.63) is 17.5 Å². The van der Waals surface area contributed by atoms with Crippen molar-refractivity contribution in [1.82, 2.24) is 14.4 Å². The monoisotopic (exact) mass is 355 g/mol. The molecule has 24 heavy (non-hydrogen) atoms. The highest BCUT2D eigenvalue weighted by Crippen LogP contribution is 2.34. The van der Waals surface area contributed by atoms with Gasteiger partial charge in [0.05, 0.1) is 5.25 Å². The van der Waals surface area contributed by atoms with Crippen molar-refractivity contribution >= 4 is 15.9 Å². The number of fused-ring (bicyclic) bond motifs is 1. The van der Waals surface area contributed by atoms with E-state index in [1.807, 2.05) is 13.8 Å². The van der Waals surface area contributed by atoms with Crippen LogP contribution in [0.15, 0.2) is 10.6 Å². The number of nitrogens with zero attached hydrogens (tertiary/aromatic N) is 3. The highest BCUT2D eigenvalue weighted by molar-refractivity contribution is 7.90. The molecule has 2 saturated heterocycles. The molecule has 0 aliphatic carbocycles. The number of aryl methyl sites for hydroxylation is 1. The number of aromatic nitrogens is 1. The molecule has 1 aromatic heterocycles. The van der Waals surface area contributed by atoms with Gasteiger partial charge >= 0.3 is 0 Å². The van der Waals surface area contributed by atoms with Crippen molar-refractivity contribution in [2.45, 2.75) is 38.9 Å². The Morgan fingerprint density at radius 1 is 1.38 bits per heavy atom. The van der Waals surface area contributed by atoms with Crippen LogP contribution >= 0.6 is 0 Å². The number of hydrogen-bond donors (Lipinski definition) is 0. The number of rotatable bonds is 3. The molecule has 0 saturated carbocycles. The Balaban J connectivity index is 1.71. The zero-order valence-electron chi connectivity index (χ0n) is 14.4. The van der Waals surface area contributed by atoms with Gasteiger partial charge in [0.25, 0.3) is 5.91 Å². The SMILES string of the molecule is Cc1cc(C(=O)N2CC[C@H]3CN(CC(C)C)S(=O)(=O)[C@@H]3CC2)no1. The van der Waals surface area contributed by atoms with E-state index in [1.54, 1.807) is 22.2 Å². The van der Waals surface area contributed by atoms with Crippen molar-refractivity contribution in [2.24, 2.45) is 11.8 Å². The summed E-state index contributed by atoms with van der Waals surface area (Å²) < 4.78 is 32.1. The Labute approximate surface area is 143 Å². The topological polar surface area (TPSA) is 83.7 Å². The van der Waals surface area contributed by atoms with Gasteiger partial charge in [0.1, 0.15) is 5.76 Å². The summed E-state index contributed by atoms with van der Waals surface area (Å²) in [6.07, 6.45) is 1.20. The molecule has 7 nitrogen and oxygen atoms in total. The smallest absolute Gasteiger partial charge is 0.276 e. The van der Waals surface area contributed by atoms with E-state index in [-0.39, 0.29) is 17.1 Å². The third kappa shape index (κ3) is 3.21. The van der Waals surface area contributed by atoms with Gasteiger partial charge in [-0.05, 0) is 31.6 Å². The average molecular weight is 355 g/mol. The van der Waals surface area contributed by atoms with Crippen LogP contribution in [0, 0.1) is 18.8 Å². The van der Waals surface area contributed by atoms with Gasteiger partial charge in [-0.15, -0.1) is 0 Å². The fourth-order valence-electron chi connectivity index (χ4n) is 3.71. The Hall–Kier alpha value is -1.41. The molecule has 3 rings (SSSR count). The summed E-state index contributed by atoms with van der Waals surface area (Å²) in [5, 5.41) is 3.41. The minimum atomic E-state index is -3.25. The van der Waals surface area contributed by atoms with E-state index in [4.69, 9.17) is 4.52 Å². The van der Waals surface area contributed by atoms with Crippen LogP contribution in [0.3, 0.4) is 0 Å². The van der Waals surface area contributed by atoms with Crippen LogP contribution in [0.25, 0.3) is 0 Å². The highest BCUT2D eigenvalue weighted by atomic mass is 32.2. The summed E-state index contributed by atoms with van der Waals surface area (Å²) >= 11 is 0. The van der Waals surface area contributed by atoms with Gasteiger partial charge in [-0.2, -0.15) is 0 Å². The average Bonchev–Trinajstić information content (AvgIpc) is 2.93. The summed E-state index contributed by atoms with van der Waals surface area (Å²) in [5.74, 6) is 0.835. The standard InChI is InChI=1S/C16H25N3O4S/c1-11(2)9-19-10-13-4-6-18(7-5-15(13)24(19,21)22)16(20)14-8-12(3)23-17-14/h8,11,13,15H,4-7,9-10H2,1-3H3/t13-,15+/m0/s1. The number of amides is 1. The predicted octanol–water partition coefficient (Wildman–Crippen LogP) is 1.51. The molecule has 2 atom stereocenters. The summed E-state index contributed by atoms with van der Waals surface area (Å²) in [6, 6.07) is 1.62. The maximum absolute atomic E-state index is 12.8. The third-order valence-electron chi connectivity index (χ3n) is 4.86. The second-order valence-corrected chi connectivity index (χ2v) is 9.40. The molecule has 2 aliphatic rings. The molecule has 2 fully saturated rings. The lowest BCUT2D eigenvalue weighted by atomic mass is 10.0. The number of carbonyl (C=O) groups is 1. The van der Waals surface area contributed by atoms with E-state index in [1.165, 1.54) is 0 Å². The lowest BCUT2D eigenvalue weighted by molar-refractivity contribution is 0.0748. The van der Waals surface area contributed by atoms with E-state index in [9.17, 15) is 13.2 Å². The number of likely N-dealkylation sites (tertiary alicyclic amines) is 1. The minimum Gasteiger partial charge on any atom is -0.361 e. The first kappa shape index (κ1) is 17.4. The summed E-state index contributed by atoms with van der Waals surface area (Å²) in [4.78, 5) is 14.2. The van der Waals surface area contributed by atoms with Crippen LogP contribution < -0.4 is 0 Å². The summed E-state index contributed by atoms with van der Waals surface area (Å²) in [7, 11) is -3.25. The summed E-state index contributed by atoms with van der Waals surface area (Å²) in [6.45, 7) is 7.98. The Bertz CT molecular complexity index is 713. The molecular formula is C16H25N3O4S. The molecule has 0 aromatic carbocycles. The molecular weight excluding hydrogens is 330 g/mol. The molecule has 0 unspecified atom stereocenters. The maximum Gasteiger partial charge on any atom is 0.276 e. The Morgan fingerprint density at radius 2 is 2.08 bits per heavy atom. The Kier molecular flexibility index (Phi) is 4.70. The van der Waals surface area contributed by atoms with Crippen molar-refractivity contribution < 1.29 is 17.7 Å². The van der Waals surface area contributed by atoms with Gasteiger partial charge in [-0.1, -0.05) is 19.0 Å². The normalized spacial score (nSPS) is 27.2. The van der Waals surface area contributed by atoms with Gasteiger partial charge in [0.15, 0.2) is 5.69 Å². The fourth-order valence-corrected chi connectivity index (χ4v) is 6.11. The highest BCUT2D eigenvalue weighted by Gasteiger charge is 2.47. The maximum atomic E-state index is 12.8. The molecule has 2 aliphatic heterocycles. The van der Waals surface area contributed by atoms with E-state index in [2.05, 4.69) is 5.16 Å². The van der Waals surface area contributed by atoms with Crippen LogP contribution in [0.2, 0.25) is 0 Å². The van der Waals surface area contributed by atoms with Crippen LogP contribution in [0.5, 0.6) is 0 Å². The van der Waals surface area contributed by atoms with Gasteiger partial charge in [0.2, 0.25) is 10.0 Å². The fraction of sp³-hybridized carbons (Fsp3) is 0.750. The van der Waals surface area contributed by atoms with Crippen LogP contribution in [-0.2, 0) is 10.0 Å². The first-order valence-electron chi connectivity index (χ1n) is 8.50. The van der Waals surface area contributed by atoms with Crippen LogP contribution in [0.4, 0.5) is 0 Å². The molecule has 1 amide bonds. The van der Waals surface area contributed by atoms with Gasteiger partial charge < -0.3 is 9.42 Å². The first-order chi connectivity index (χ1) is 11.3. The molecule has 0 N–H and O–H groups in total. The van der Waals surface area contributed by atoms with Gasteiger partial charge in [-0.25, -0.2) is 12.7 Å². The first-order valence-corrected chi connectivity index (χ1v) is 10.0. The third-order valence-corrected chi connectivity index (χ3v) is 7.27. The molecule has 134 valence electrons. The quantitative estimate of drug-likeness (QED) is 0.820. The minimum absolute atomic E-state index is 0.102. The van der Waals surface area contributed by atoms with E-state index < -0.39 is 10.0 Å². The number of sulfonamides is 1. The molecule has 1 aromatic rings. The lowest BCUT2D eigenvalue weighted by Gasteiger charge is -2.22. The zero-order valence-corrected chi connectivity index (χ0v) is 15.3. The van der Waals surface area contributed by atoms with E-state index >= 15 is 0 Å². The predicted molar refractivity (Wildman–Crippen MR) is 89.0 cm³/mol. The summed E-state index contributed by atoms with van der Waals surface area (Å²) in [5.41, 5.74) is 0.295. The Morgan fingerprint density at radius 3 is 2.71 bits per heavy atom. The van der Waals surface area contributed by atoms with Gasteiger partial charge in [0, 0.05) is 32.2 Å². The van der Waals surface area contributed by atoms with Crippen molar-refractivity contribution in [1.29, 1.82) is 0 Å². The second-order valence-electron chi connectivity index (χ2n) is 7.25. The molecule has 3 heterocycles. The number of hydrogen-bond acceptors (Lipinski definition) is 5. The molecule has 0 radical (unpaired) electrons. The van der Waals surface area contributed by atoms with Crippen molar-refractivity contribution in [3.63, 3.8) is 0 Å². The van der Waals surface area contributed by atoms with Gasteiger partial charge in [-0.3, -0.25) is 4.79 Å². The van der Waals surface area contributed by atoms with E-state index in [0.29, 0.717) is 56.4 Å². The molecule has 0 bridgehead atoms. The largest absolute Gasteiger partial charge is 0.361 e. The second kappa shape index (κ2) is 6.48. The van der Waals surface area contributed by atoms with E-state index in [0.717, 1.165) is 0 Å². The van der Waals surface area contributed by atoms with Crippen molar-refractivity contribution in [2.75, 3.05) is 26.2 Å². The lowest BCUT2D eigenvalue weighted by Crippen LogP contribution is -2.36. The van der Waals surface area contributed by atoms with Crippen LogP contribution in [-0.4, -0.2) is 60.1 Å². The molecule has 0 spiro atoms. The number of carbonyl (C=O) groups excluding carboxylic acids is 1. The van der Waals surface area contributed by atoms with Crippen LogP contribution in [0.1, 0.15) is 42.9 Å².